The number of hydrogen-bond donors (Lipinski definition) is 1. The summed E-state index contributed by atoms with van der Waals surface area (Å²) in [6, 6.07) is 18.0. The maximum atomic E-state index is 12.7. The average Bonchev–Trinajstić information content (AvgIpc) is 2.79. The molecular formula is C25H19BrCl2N2O3. The molecule has 0 fully saturated rings. The number of hydrogen-bond acceptors (Lipinski definition) is 4. The summed E-state index contributed by atoms with van der Waals surface area (Å²) in [6.45, 7) is 2.06. The van der Waals surface area contributed by atoms with Crippen molar-refractivity contribution in [3.05, 3.63) is 91.4 Å². The van der Waals surface area contributed by atoms with Crippen LogP contribution in [0.2, 0.25) is 10.0 Å². The maximum Gasteiger partial charge on any atom is 0.266 e. The van der Waals surface area contributed by atoms with Gasteiger partial charge in [-0.3, -0.25) is 4.79 Å². The Bertz CT molecular complexity index is 1250. The van der Waals surface area contributed by atoms with Gasteiger partial charge in [0.2, 0.25) is 0 Å². The minimum atomic E-state index is -0.567. The number of carbonyl (C=O) groups excluding carboxylic acids is 1. The van der Waals surface area contributed by atoms with E-state index in [0.717, 1.165) is 11.1 Å². The van der Waals surface area contributed by atoms with Crippen LogP contribution in [0.15, 0.2) is 64.6 Å². The fourth-order valence-electron chi connectivity index (χ4n) is 3.01. The SMILES string of the molecule is COc1cc(/C=C(\C#N)C(=O)Nc2c(C)cccc2Cl)cc(Br)c1OCc1ccccc1Cl. The van der Waals surface area contributed by atoms with E-state index in [4.69, 9.17) is 32.7 Å². The molecule has 1 amide bonds. The van der Waals surface area contributed by atoms with Crippen molar-refractivity contribution < 1.29 is 14.3 Å². The highest BCUT2D eigenvalue weighted by atomic mass is 79.9. The molecule has 0 aliphatic carbocycles. The molecule has 5 nitrogen and oxygen atoms in total. The first-order valence-electron chi connectivity index (χ1n) is 9.76. The van der Waals surface area contributed by atoms with Crippen molar-refractivity contribution in [3.63, 3.8) is 0 Å². The molecule has 0 bridgehead atoms. The van der Waals surface area contributed by atoms with E-state index in [-0.39, 0.29) is 12.2 Å². The number of carbonyl (C=O) groups is 1. The molecule has 33 heavy (non-hydrogen) atoms. The van der Waals surface area contributed by atoms with Gasteiger partial charge in [0.1, 0.15) is 18.2 Å². The lowest BCUT2D eigenvalue weighted by Crippen LogP contribution is -2.14. The number of nitrogens with zero attached hydrogens (tertiary/aromatic N) is 1. The summed E-state index contributed by atoms with van der Waals surface area (Å²) in [5, 5.41) is 13.3. The molecule has 168 valence electrons. The standard InChI is InChI=1S/C25H19BrCl2N2O3/c1-15-6-5-9-21(28)23(15)30-25(31)18(13-29)10-16-11-19(26)24(22(12-16)32-2)33-14-17-7-3-4-8-20(17)27/h3-12H,14H2,1-2H3,(H,30,31)/b18-10+. The molecule has 0 atom stereocenters. The van der Waals surface area contributed by atoms with E-state index in [2.05, 4.69) is 21.2 Å². The molecule has 0 spiro atoms. The number of benzene rings is 3. The number of anilines is 1. The minimum Gasteiger partial charge on any atom is -0.493 e. The van der Waals surface area contributed by atoms with Gasteiger partial charge in [-0.15, -0.1) is 0 Å². The normalized spacial score (nSPS) is 11.0. The van der Waals surface area contributed by atoms with Crippen LogP contribution in [0.25, 0.3) is 6.08 Å². The fraction of sp³-hybridized carbons (Fsp3) is 0.120. The Morgan fingerprint density at radius 2 is 1.88 bits per heavy atom. The van der Waals surface area contributed by atoms with Gasteiger partial charge in [0.05, 0.1) is 22.3 Å². The Hall–Kier alpha value is -2.98. The van der Waals surface area contributed by atoms with E-state index in [1.807, 2.05) is 37.3 Å². The first kappa shape index (κ1) is 24.7. The van der Waals surface area contributed by atoms with E-state index in [0.29, 0.717) is 37.3 Å². The molecule has 3 rings (SSSR count). The third-order valence-electron chi connectivity index (χ3n) is 4.72. The van der Waals surface area contributed by atoms with Crippen LogP contribution in [0.4, 0.5) is 5.69 Å². The second kappa shape index (κ2) is 11.2. The number of para-hydroxylation sites is 1. The summed E-state index contributed by atoms with van der Waals surface area (Å²) in [7, 11) is 1.51. The first-order valence-corrected chi connectivity index (χ1v) is 11.3. The second-order valence-electron chi connectivity index (χ2n) is 6.97. The number of nitrogens with one attached hydrogen (secondary N) is 1. The molecule has 0 radical (unpaired) electrons. The molecule has 0 aliphatic heterocycles. The van der Waals surface area contributed by atoms with Crippen molar-refractivity contribution in [2.75, 3.05) is 12.4 Å². The van der Waals surface area contributed by atoms with Crippen molar-refractivity contribution >= 4 is 56.8 Å². The van der Waals surface area contributed by atoms with Crippen LogP contribution in [0.5, 0.6) is 11.5 Å². The van der Waals surface area contributed by atoms with E-state index in [9.17, 15) is 10.1 Å². The molecule has 3 aromatic rings. The molecule has 0 unspecified atom stereocenters. The Balaban J connectivity index is 1.86. The first-order chi connectivity index (χ1) is 15.8. The summed E-state index contributed by atoms with van der Waals surface area (Å²) < 4.78 is 12.0. The van der Waals surface area contributed by atoms with Crippen molar-refractivity contribution in [2.45, 2.75) is 13.5 Å². The van der Waals surface area contributed by atoms with Crippen LogP contribution in [-0.2, 0) is 11.4 Å². The highest BCUT2D eigenvalue weighted by Crippen LogP contribution is 2.38. The smallest absolute Gasteiger partial charge is 0.266 e. The van der Waals surface area contributed by atoms with Crippen LogP contribution in [0.3, 0.4) is 0 Å². The summed E-state index contributed by atoms with van der Waals surface area (Å²) >= 11 is 15.9. The van der Waals surface area contributed by atoms with Crippen LogP contribution in [0.1, 0.15) is 16.7 Å². The number of halogens is 3. The monoisotopic (exact) mass is 544 g/mol. The van der Waals surface area contributed by atoms with Gasteiger partial charge in [0.15, 0.2) is 11.5 Å². The molecular weight excluding hydrogens is 527 g/mol. The van der Waals surface area contributed by atoms with Gasteiger partial charge < -0.3 is 14.8 Å². The predicted octanol–water partition coefficient (Wildman–Crippen LogP) is 7.20. The zero-order chi connectivity index (χ0) is 24.0. The molecule has 3 aromatic carbocycles. The summed E-state index contributed by atoms with van der Waals surface area (Å²) in [6.07, 6.45) is 1.46. The number of aryl methyl sites for hydroxylation is 1. The number of rotatable bonds is 7. The molecule has 0 saturated carbocycles. The van der Waals surface area contributed by atoms with Gasteiger partial charge in [-0.05, 0) is 64.3 Å². The Morgan fingerprint density at radius 3 is 2.55 bits per heavy atom. The van der Waals surface area contributed by atoms with Crippen LogP contribution >= 0.6 is 39.1 Å². The van der Waals surface area contributed by atoms with Crippen LogP contribution in [-0.4, -0.2) is 13.0 Å². The fourth-order valence-corrected chi connectivity index (χ4v) is 4.05. The van der Waals surface area contributed by atoms with Crippen molar-refractivity contribution in [1.82, 2.24) is 0 Å². The van der Waals surface area contributed by atoms with E-state index in [1.54, 1.807) is 30.3 Å². The quantitative estimate of drug-likeness (QED) is 0.252. The highest BCUT2D eigenvalue weighted by Gasteiger charge is 2.16. The molecule has 0 aliphatic rings. The summed E-state index contributed by atoms with van der Waals surface area (Å²) in [4.78, 5) is 12.7. The lowest BCUT2D eigenvalue weighted by Gasteiger charge is -2.14. The van der Waals surface area contributed by atoms with Gasteiger partial charge in [0, 0.05) is 10.6 Å². The molecule has 0 aromatic heterocycles. The summed E-state index contributed by atoms with van der Waals surface area (Å²) in [5.41, 5.74) is 2.57. The van der Waals surface area contributed by atoms with Gasteiger partial charge in [-0.2, -0.15) is 5.26 Å². The average molecular weight is 546 g/mol. The van der Waals surface area contributed by atoms with Gasteiger partial charge in [-0.1, -0.05) is 53.5 Å². The third kappa shape index (κ3) is 6.08. The highest BCUT2D eigenvalue weighted by molar-refractivity contribution is 9.10. The zero-order valence-corrected chi connectivity index (χ0v) is 20.9. The Morgan fingerprint density at radius 1 is 1.15 bits per heavy atom. The zero-order valence-electron chi connectivity index (χ0n) is 17.8. The molecule has 8 heteroatoms. The lowest BCUT2D eigenvalue weighted by atomic mass is 10.1. The van der Waals surface area contributed by atoms with Gasteiger partial charge in [0.25, 0.3) is 5.91 Å². The Labute approximate surface area is 210 Å². The largest absolute Gasteiger partial charge is 0.493 e. The Kier molecular flexibility index (Phi) is 8.40. The second-order valence-corrected chi connectivity index (χ2v) is 8.64. The van der Waals surface area contributed by atoms with Gasteiger partial charge in [-0.25, -0.2) is 0 Å². The van der Waals surface area contributed by atoms with Crippen molar-refractivity contribution in [3.8, 4) is 17.6 Å². The molecule has 0 saturated heterocycles. The minimum absolute atomic E-state index is 0.0898. The third-order valence-corrected chi connectivity index (χ3v) is 5.99. The van der Waals surface area contributed by atoms with Gasteiger partial charge >= 0.3 is 0 Å². The topological polar surface area (TPSA) is 71.3 Å². The number of ether oxygens (including phenoxy) is 2. The van der Waals surface area contributed by atoms with Crippen molar-refractivity contribution in [1.29, 1.82) is 5.26 Å². The van der Waals surface area contributed by atoms with E-state index >= 15 is 0 Å². The summed E-state index contributed by atoms with van der Waals surface area (Å²) in [5.74, 6) is 0.342. The van der Waals surface area contributed by atoms with E-state index < -0.39 is 5.91 Å². The van der Waals surface area contributed by atoms with Crippen LogP contribution in [0, 0.1) is 18.3 Å². The lowest BCUT2D eigenvalue weighted by molar-refractivity contribution is -0.112. The predicted molar refractivity (Wildman–Crippen MR) is 135 cm³/mol. The number of nitriles is 1. The molecule has 0 heterocycles. The number of amides is 1. The molecule has 1 N–H and O–H groups in total. The number of methoxy groups -OCH3 is 1. The van der Waals surface area contributed by atoms with Crippen molar-refractivity contribution in [2.24, 2.45) is 0 Å². The maximum absolute atomic E-state index is 12.7. The van der Waals surface area contributed by atoms with Crippen LogP contribution < -0.4 is 14.8 Å². The van der Waals surface area contributed by atoms with E-state index in [1.165, 1.54) is 13.2 Å².